The molecule has 0 spiro atoms. The van der Waals surface area contributed by atoms with Gasteiger partial charge in [-0.15, -0.1) is 0 Å². The number of hydrogen-bond donors (Lipinski definition) is 0. The third-order valence-electron chi connectivity index (χ3n) is 1.44. The first-order chi connectivity index (χ1) is 6.25. The summed E-state index contributed by atoms with van der Waals surface area (Å²) < 4.78 is 5.08. The van der Waals surface area contributed by atoms with Crippen LogP contribution in [0, 0.1) is 10.1 Å². The molecule has 4 nitrogen and oxygen atoms in total. The molecule has 0 amide bonds. The normalized spacial score (nSPS) is 9.54. The number of hydrogen-bond acceptors (Lipinski definition) is 3. The monoisotopic (exact) mass is 177 g/mol. The van der Waals surface area contributed by atoms with E-state index < -0.39 is 4.92 Å². The number of nitro benzene ring substituents is 1. The Bertz CT molecular complexity index is 303. The van der Waals surface area contributed by atoms with Crippen LogP contribution in [0.2, 0.25) is 6.32 Å². The van der Waals surface area contributed by atoms with Crippen LogP contribution in [0.5, 0.6) is 5.75 Å². The number of rotatable bonds is 4. The maximum absolute atomic E-state index is 10.5. The maximum Gasteiger partial charge on any atom is 0.310 e. The van der Waals surface area contributed by atoms with Gasteiger partial charge in [-0.1, -0.05) is 18.5 Å². The van der Waals surface area contributed by atoms with Crippen molar-refractivity contribution in [1.82, 2.24) is 0 Å². The fourth-order valence-corrected chi connectivity index (χ4v) is 0.899. The Morgan fingerprint density at radius 2 is 2.15 bits per heavy atom. The van der Waals surface area contributed by atoms with Crippen molar-refractivity contribution in [3.05, 3.63) is 34.4 Å². The van der Waals surface area contributed by atoms with Crippen LogP contribution in [0.4, 0.5) is 5.69 Å². The molecule has 0 atom stereocenters. The van der Waals surface area contributed by atoms with Crippen LogP contribution in [0.15, 0.2) is 24.3 Å². The van der Waals surface area contributed by atoms with Crippen molar-refractivity contribution in [3.8, 4) is 5.75 Å². The van der Waals surface area contributed by atoms with Crippen LogP contribution in [0.25, 0.3) is 0 Å². The highest BCUT2D eigenvalue weighted by molar-refractivity contribution is 6.08. The van der Waals surface area contributed by atoms with Crippen LogP contribution in [-0.4, -0.2) is 19.4 Å². The molecule has 0 aliphatic carbocycles. The van der Waals surface area contributed by atoms with E-state index in [4.69, 9.17) is 12.6 Å². The SMILES string of the molecule is [B]CCOc1ccccc1[N+](=O)[O-]. The van der Waals surface area contributed by atoms with Crippen molar-refractivity contribution in [3.63, 3.8) is 0 Å². The van der Waals surface area contributed by atoms with Gasteiger partial charge in [0.25, 0.3) is 0 Å². The predicted molar refractivity (Wildman–Crippen MR) is 49.2 cm³/mol. The van der Waals surface area contributed by atoms with Crippen LogP contribution in [-0.2, 0) is 0 Å². The van der Waals surface area contributed by atoms with Crippen molar-refractivity contribution >= 4 is 13.5 Å². The number of nitrogens with zero attached hydrogens (tertiary/aromatic N) is 1. The minimum Gasteiger partial charge on any atom is -0.488 e. The highest BCUT2D eigenvalue weighted by Gasteiger charge is 2.12. The lowest BCUT2D eigenvalue weighted by atomic mass is 10.1. The van der Waals surface area contributed by atoms with E-state index in [0.717, 1.165) is 0 Å². The Morgan fingerprint density at radius 1 is 1.46 bits per heavy atom. The zero-order valence-corrected chi connectivity index (χ0v) is 6.97. The number of ether oxygens (including phenoxy) is 1. The van der Waals surface area contributed by atoms with Gasteiger partial charge in [0.2, 0.25) is 0 Å². The molecule has 5 heteroatoms. The Kier molecular flexibility index (Phi) is 3.31. The summed E-state index contributed by atoms with van der Waals surface area (Å²) in [5, 5.41) is 10.5. The van der Waals surface area contributed by atoms with Gasteiger partial charge in [0.15, 0.2) is 5.75 Å². The van der Waals surface area contributed by atoms with Gasteiger partial charge in [-0.25, -0.2) is 0 Å². The van der Waals surface area contributed by atoms with Crippen LogP contribution < -0.4 is 4.74 Å². The second-order valence-electron chi connectivity index (χ2n) is 2.36. The summed E-state index contributed by atoms with van der Waals surface area (Å²) in [5.41, 5.74) is -0.0315. The topological polar surface area (TPSA) is 52.4 Å². The molecule has 0 fully saturated rings. The molecule has 1 aromatic rings. The molecule has 0 saturated heterocycles. The lowest BCUT2D eigenvalue weighted by Crippen LogP contribution is -1.99. The first kappa shape index (κ1) is 9.57. The van der Waals surface area contributed by atoms with Gasteiger partial charge in [0, 0.05) is 6.07 Å². The van der Waals surface area contributed by atoms with E-state index in [1.807, 2.05) is 0 Å². The Balaban J connectivity index is 2.84. The molecule has 0 N–H and O–H groups in total. The zero-order valence-electron chi connectivity index (χ0n) is 6.97. The van der Waals surface area contributed by atoms with E-state index in [1.54, 1.807) is 18.2 Å². The summed E-state index contributed by atoms with van der Waals surface area (Å²) in [7, 11) is 5.21. The van der Waals surface area contributed by atoms with Crippen LogP contribution in [0.1, 0.15) is 0 Å². The minimum atomic E-state index is -0.480. The Hall–Kier alpha value is -1.52. The first-order valence-electron chi connectivity index (χ1n) is 3.82. The second-order valence-corrected chi connectivity index (χ2v) is 2.36. The van der Waals surface area contributed by atoms with Crippen molar-refractivity contribution in [2.45, 2.75) is 6.32 Å². The Labute approximate surface area is 77.1 Å². The Morgan fingerprint density at radius 3 is 2.77 bits per heavy atom. The summed E-state index contributed by atoms with van der Waals surface area (Å²) in [6.07, 6.45) is 0.339. The molecule has 13 heavy (non-hydrogen) atoms. The van der Waals surface area contributed by atoms with Gasteiger partial charge in [0.1, 0.15) is 0 Å². The molecule has 1 aromatic carbocycles. The summed E-state index contributed by atoms with van der Waals surface area (Å²) in [4.78, 5) is 10.00. The lowest BCUT2D eigenvalue weighted by molar-refractivity contribution is -0.385. The van der Waals surface area contributed by atoms with Gasteiger partial charge in [-0.3, -0.25) is 10.1 Å². The van der Waals surface area contributed by atoms with E-state index in [9.17, 15) is 10.1 Å². The quantitative estimate of drug-likeness (QED) is 0.398. The van der Waals surface area contributed by atoms with E-state index in [0.29, 0.717) is 6.32 Å². The fourth-order valence-electron chi connectivity index (χ4n) is 0.899. The molecule has 0 saturated carbocycles. The number of benzene rings is 1. The van der Waals surface area contributed by atoms with Gasteiger partial charge in [-0.2, -0.15) is 0 Å². The fraction of sp³-hybridized carbons (Fsp3) is 0.250. The maximum atomic E-state index is 10.5. The molecule has 0 heterocycles. The van der Waals surface area contributed by atoms with E-state index in [1.165, 1.54) is 6.07 Å². The zero-order chi connectivity index (χ0) is 9.68. The van der Waals surface area contributed by atoms with E-state index >= 15 is 0 Å². The number of nitro groups is 1. The molecule has 1 rings (SSSR count). The molecule has 2 radical (unpaired) electrons. The molecular weight excluding hydrogens is 169 g/mol. The first-order valence-corrected chi connectivity index (χ1v) is 3.82. The number of para-hydroxylation sites is 2. The largest absolute Gasteiger partial charge is 0.488 e. The molecule has 0 aromatic heterocycles. The van der Waals surface area contributed by atoms with Gasteiger partial charge < -0.3 is 4.74 Å². The standard InChI is InChI=1S/C8H8BNO3/c9-5-6-13-8-4-2-1-3-7(8)10(11)12/h1-4H,5-6H2. The average Bonchev–Trinajstić information content (AvgIpc) is 2.15. The van der Waals surface area contributed by atoms with E-state index in [2.05, 4.69) is 0 Å². The molecule has 0 aliphatic rings. The summed E-state index contributed by atoms with van der Waals surface area (Å²) in [6, 6.07) is 6.21. The molecule has 0 aliphatic heterocycles. The van der Waals surface area contributed by atoms with Crippen molar-refractivity contribution in [2.24, 2.45) is 0 Å². The minimum absolute atomic E-state index is 0.0315. The van der Waals surface area contributed by atoms with Crippen LogP contribution in [0.3, 0.4) is 0 Å². The van der Waals surface area contributed by atoms with Crippen molar-refractivity contribution < 1.29 is 9.66 Å². The van der Waals surface area contributed by atoms with Crippen molar-refractivity contribution in [2.75, 3.05) is 6.61 Å². The summed E-state index contributed by atoms with van der Waals surface area (Å²) in [5.74, 6) is 0.262. The highest BCUT2D eigenvalue weighted by atomic mass is 16.6. The molecular formula is C8H8BNO3. The highest BCUT2D eigenvalue weighted by Crippen LogP contribution is 2.25. The summed E-state index contributed by atoms with van der Waals surface area (Å²) in [6.45, 7) is 0.283. The predicted octanol–water partition coefficient (Wildman–Crippen LogP) is 1.56. The molecule has 66 valence electrons. The van der Waals surface area contributed by atoms with Gasteiger partial charge in [0.05, 0.1) is 19.4 Å². The molecule has 0 unspecified atom stereocenters. The van der Waals surface area contributed by atoms with Crippen LogP contribution >= 0.6 is 0 Å². The molecule has 0 bridgehead atoms. The smallest absolute Gasteiger partial charge is 0.310 e. The third kappa shape index (κ3) is 2.47. The summed E-state index contributed by atoms with van der Waals surface area (Å²) >= 11 is 0. The van der Waals surface area contributed by atoms with Gasteiger partial charge in [-0.05, 0) is 6.07 Å². The van der Waals surface area contributed by atoms with Gasteiger partial charge >= 0.3 is 5.69 Å². The van der Waals surface area contributed by atoms with E-state index in [-0.39, 0.29) is 18.0 Å². The average molecular weight is 177 g/mol. The second kappa shape index (κ2) is 4.50. The lowest BCUT2D eigenvalue weighted by Gasteiger charge is -2.03. The van der Waals surface area contributed by atoms with Crippen molar-refractivity contribution in [1.29, 1.82) is 0 Å². The third-order valence-corrected chi connectivity index (χ3v) is 1.44.